The number of carbonyl (C=O) groups is 1. The number of aromatic nitrogens is 2. The number of piperidine rings is 1. The van der Waals surface area contributed by atoms with Gasteiger partial charge in [-0.3, -0.25) is 4.79 Å². The molecule has 2 aromatic carbocycles. The molecule has 1 saturated heterocycles. The van der Waals surface area contributed by atoms with Gasteiger partial charge in [0.25, 0.3) is 5.91 Å². The Morgan fingerprint density at radius 3 is 2.46 bits per heavy atom. The highest BCUT2D eigenvalue weighted by Gasteiger charge is 2.42. The lowest BCUT2D eigenvalue weighted by Crippen LogP contribution is -2.37. The summed E-state index contributed by atoms with van der Waals surface area (Å²) in [4.78, 5) is 25.6. The van der Waals surface area contributed by atoms with Crippen LogP contribution in [-0.4, -0.2) is 29.0 Å². The van der Waals surface area contributed by atoms with Crippen LogP contribution in [0, 0.1) is 11.7 Å². The van der Waals surface area contributed by atoms with Gasteiger partial charge in [0, 0.05) is 31.2 Å². The number of carbonyl (C=O) groups excluding carboxylic acids is 1. The van der Waals surface area contributed by atoms with E-state index in [0.717, 1.165) is 68.4 Å². The summed E-state index contributed by atoms with van der Waals surface area (Å²) in [5.74, 6) is 0.828. The fraction of sp³-hybridized carbons (Fsp3) is 0.414. The van der Waals surface area contributed by atoms with E-state index in [1.807, 2.05) is 18.2 Å². The van der Waals surface area contributed by atoms with Crippen molar-refractivity contribution in [2.75, 3.05) is 18.0 Å². The molecule has 1 amide bonds. The lowest BCUT2D eigenvalue weighted by molar-refractivity contribution is 0.0947. The number of hydrogen-bond donors (Lipinski definition) is 1. The number of amides is 1. The summed E-state index contributed by atoms with van der Waals surface area (Å²) in [6.45, 7) is 4.36. The number of anilines is 1. The zero-order valence-corrected chi connectivity index (χ0v) is 22.5. The first-order chi connectivity index (χ1) is 17.9. The van der Waals surface area contributed by atoms with Gasteiger partial charge in [0.05, 0.1) is 21.3 Å². The maximum absolute atomic E-state index is 13.8. The van der Waals surface area contributed by atoms with Crippen molar-refractivity contribution in [1.29, 1.82) is 0 Å². The summed E-state index contributed by atoms with van der Waals surface area (Å²) in [7, 11) is 0. The van der Waals surface area contributed by atoms with E-state index in [-0.39, 0.29) is 11.7 Å². The second kappa shape index (κ2) is 11.0. The lowest BCUT2D eigenvalue weighted by atomic mass is 9.74. The summed E-state index contributed by atoms with van der Waals surface area (Å²) in [6.07, 6.45) is 7.58. The van der Waals surface area contributed by atoms with Crippen LogP contribution in [-0.2, 0) is 12.0 Å². The number of halogens is 3. The van der Waals surface area contributed by atoms with E-state index in [1.165, 1.54) is 12.1 Å². The van der Waals surface area contributed by atoms with Crippen LogP contribution < -0.4 is 10.2 Å². The van der Waals surface area contributed by atoms with Crippen LogP contribution >= 0.6 is 23.2 Å². The first-order valence-electron chi connectivity index (χ1n) is 13.0. The summed E-state index contributed by atoms with van der Waals surface area (Å²) >= 11 is 12.2. The normalized spacial score (nSPS) is 17.7. The van der Waals surface area contributed by atoms with Crippen LogP contribution in [0.5, 0.6) is 0 Å². The fourth-order valence-electron chi connectivity index (χ4n) is 5.60. The highest BCUT2D eigenvalue weighted by molar-refractivity contribution is 6.42. The maximum atomic E-state index is 13.8. The molecule has 37 heavy (non-hydrogen) atoms. The Kier molecular flexibility index (Phi) is 7.68. The predicted molar refractivity (Wildman–Crippen MR) is 146 cm³/mol. The molecular formula is C29H31Cl2FN4O. The molecule has 1 N–H and O–H groups in total. The van der Waals surface area contributed by atoms with Crippen LogP contribution in [0.3, 0.4) is 0 Å². The Morgan fingerprint density at radius 2 is 1.78 bits per heavy atom. The van der Waals surface area contributed by atoms with Gasteiger partial charge < -0.3 is 10.2 Å². The highest BCUT2D eigenvalue weighted by Crippen LogP contribution is 2.47. The summed E-state index contributed by atoms with van der Waals surface area (Å²) in [6, 6.07) is 12.0. The summed E-state index contributed by atoms with van der Waals surface area (Å²) < 4.78 is 13.8. The van der Waals surface area contributed by atoms with Gasteiger partial charge in [0.2, 0.25) is 5.95 Å². The Bertz CT molecular complexity index is 1270. The van der Waals surface area contributed by atoms with Gasteiger partial charge in [0.1, 0.15) is 5.82 Å². The van der Waals surface area contributed by atoms with E-state index in [0.29, 0.717) is 34.0 Å². The number of rotatable bonds is 6. The second-order valence-electron chi connectivity index (χ2n) is 10.3. The average Bonchev–Trinajstić information content (AvgIpc) is 3.41. The summed E-state index contributed by atoms with van der Waals surface area (Å²) in [5, 5.41) is 3.93. The molecule has 1 aliphatic carbocycles. The molecule has 0 atom stereocenters. The molecule has 1 aromatic heterocycles. The molecule has 0 unspecified atom stereocenters. The molecule has 1 aliphatic heterocycles. The van der Waals surface area contributed by atoms with E-state index < -0.39 is 5.41 Å². The van der Waals surface area contributed by atoms with Crippen molar-refractivity contribution in [3.8, 4) is 0 Å². The number of nitrogens with zero attached hydrogens (tertiary/aromatic N) is 3. The minimum atomic E-state index is -0.468. The molecule has 0 bridgehead atoms. The molecule has 3 aromatic rings. The van der Waals surface area contributed by atoms with E-state index in [1.54, 1.807) is 18.3 Å². The van der Waals surface area contributed by atoms with Crippen molar-refractivity contribution >= 4 is 35.1 Å². The van der Waals surface area contributed by atoms with Crippen molar-refractivity contribution in [2.45, 2.75) is 57.4 Å². The topological polar surface area (TPSA) is 58.1 Å². The Labute approximate surface area is 227 Å². The molecule has 1 saturated carbocycles. The lowest BCUT2D eigenvalue weighted by Gasteiger charge is -2.34. The standard InChI is InChI=1S/C29H31Cl2FN4O/c1-19-10-14-36(15-11-19)28-34-18-23(27(37)33-17-20-4-9-24(30)25(31)16-20)26(35-28)29(12-2-3-13-29)21-5-7-22(32)8-6-21/h4-9,16,18-19H,2-3,10-15,17H2,1H3,(H,33,37). The van der Waals surface area contributed by atoms with Gasteiger partial charge in [-0.15, -0.1) is 0 Å². The van der Waals surface area contributed by atoms with E-state index in [4.69, 9.17) is 28.2 Å². The molecule has 2 fully saturated rings. The zero-order chi connectivity index (χ0) is 26.0. The molecule has 2 heterocycles. The molecule has 0 radical (unpaired) electrons. The van der Waals surface area contributed by atoms with Gasteiger partial charge >= 0.3 is 0 Å². The SMILES string of the molecule is CC1CCN(c2ncc(C(=O)NCc3ccc(Cl)c(Cl)c3)c(C3(c4ccc(F)cc4)CCCC3)n2)CC1. The fourth-order valence-corrected chi connectivity index (χ4v) is 5.92. The Morgan fingerprint density at radius 1 is 1.08 bits per heavy atom. The van der Waals surface area contributed by atoms with E-state index >= 15 is 0 Å². The van der Waals surface area contributed by atoms with Crippen LogP contribution in [0.4, 0.5) is 10.3 Å². The minimum Gasteiger partial charge on any atom is -0.348 e. The number of benzene rings is 2. The molecule has 2 aliphatic rings. The van der Waals surface area contributed by atoms with Crippen molar-refractivity contribution < 1.29 is 9.18 Å². The summed E-state index contributed by atoms with van der Waals surface area (Å²) in [5.41, 5.74) is 2.55. The first-order valence-corrected chi connectivity index (χ1v) is 13.7. The largest absolute Gasteiger partial charge is 0.348 e. The predicted octanol–water partition coefficient (Wildman–Crippen LogP) is 6.95. The van der Waals surface area contributed by atoms with Crippen molar-refractivity contribution in [1.82, 2.24) is 15.3 Å². The number of hydrogen-bond acceptors (Lipinski definition) is 4. The third kappa shape index (κ3) is 5.46. The van der Waals surface area contributed by atoms with Crippen LogP contribution in [0.1, 0.15) is 72.6 Å². The van der Waals surface area contributed by atoms with E-state index in [2.05, 4.69) is 22.1 Å². The molecule has 8 heteroatoms. The molecular weight excluding hydrogens is 510 g/mol. The molecule has 5 rings (SSSR count). The Balaban J connectivity index is 1.52. The average molecular weight is 541 g/mol. The first kappa shape index (κ1) is 25.9. The van der Waals surface area contributed by atoms with Gasteiger partial charge in [0.15, 0.2) is 0 Å². The second-order valence-corrected chi connectivity index (χ2v) is 11.1. The monoisotopic (exact) mass is 540 g/mol. The van der Waals surface area contributed by atoms with Gasteiger partial charge in [-0.1, -0.05) is 61.2 Å². The van der Waals surface area contributed by atoms with Crippen LogP contribution in [0.15, 0.2) is 48.7 Å². The van der Waals surface area contributed by atoms with Gasteiger partial charge in [-0.2, -0.15) is 0 Å². The third-order valence-corrected chi connectivity index (χ3v) is 8.57. The molecule has 0 spiro atoms. The smallest absolute Gasteiger partial charge is 0.255 e. The highest BCUT2D eigenvalue weighted by atomic mass is 35.5. The van der Waals surface area contributed by atoms with Gasteiger partial charge in [-0.25, -0.2) is 14.4 Å². The van der Waals surface area contributed by atoms with Gasteiger partial charge in [-0.05, 0) is 67.0 Å². The van der Waals surface area contributed by atoms with Crippen molar-refractivity contribution in [3.63, 3.8) is 0 Å². The molecule has 194 valence electrons. The van der Waals surface area contributed by atoms with Crippen molar-refractivity contribution in [3.05, 3.63) is 86.9 Å². The third-order valence-electron chi connectivity index (χ3n) is 7.83. The van der Waals surface area contributed by atoms with E-state index in [9.17, 15) is 9.18 Å². The zero-order valence-electron chi connectivity index (χ0n) is 20.9. The van der Waals surface area contributed by atoms with Crippen molar-refractivity contribution in [2.24, 2.45) is 5.92 Å². The quantitative estimate of drug-likeness (QED) is 0.367. The van der Waals surface area contributed by atoms with Crippen LogP contribution in [0.25, 0.3) is 0 Å². The number of nitrogens with one attached hydrogen (secondary N) is 1. The maximum Gasteiger partial charge on any atom is 0.255 e. The molecule has 5 nitrogen and oxygen atoms in total. The Hall–Kier alpha value is -2.70. The van der Waals surface area contributed by atoms with Crippen LogP contribution in [0.2, 0.25) is 10.0 Å². The minimum absolute atomic E-state index is 0.242.